The molecule has 0 saturated carbocycles. The quantitative estimate of drug-likeness (QED) is 0.635. The summed E-state index contributed by atoms with van der Waals surface area (Å²) in [7, 11) is 0. The first-order chi connectivity index (χ1) is 7.61. The summed E-state index contributed by atoms with van der Waals surface area (Å²) in [6, 6.07) is 5.95. The maximum Gasteiger partial charge on any atom is 0.160 e. The predicted molar refractivity (Wildman–Crippen MR) is 69.0 cm³/mol. The molecule has 0 aliphatic carbocycles. The Labute approximate surface area is 98.7 Å². The van der Waals surface area contributed by atoms with E-state index in [1.165, 1.54) is 16.9 Å². The van der Waals surface area contributed by atoms with Crippen LogP contribution in [-0.2, 0) is 0 Å². The van der Waals surface area contributed by atoms with Crippen LogP contribution in [0.25, 0.3) is 11.1 Å². The molecule has 0 atom stereocenters. The van der Waals surface area contributed by atoms with E-state index < -0.39 is 0 Å². The van der Waals surface area contributed by atoms with Gasteiger partial charge in [-0.25, -0.2) is 0 Å². The van der Waals surface area contributed by atoms with Gasteiger partial charge in [0, 0.05) is 5.69 Å². The minimum absolute atomic E-state index is 0.742. The van der Waals surface area contributed by atoms with Gasteiger partial charge >= 0.3 is 0 Å². The summed E-state index contributed by atoms with van der Waals surface area (Å²) in [5.41, 5.74) is 11.2. The Hall–Kier alpha value is -1.61. The van der Waals surface area contributed by atoms with Gasteiger partial charge in [0.05, 0.1) is 4.88 Å². The first-order valence-electron chi connectivity index (χ1n) is 5.02. The molecule has 82 valence electrons. The van der Waals surface area contributed by atoms with Crippen molar-refractivity contribution in [1.29, 1.82) is 0 Å². The van der Waals surface area contributed by atoms with Crippen LogP contribution >= 0.6 is 11.3 Å². The van der Waals surface area contributed by atoms with Crippen LogP contribution in [0.4, 0.5) is 5.69 Å². The zero-order chi connectivity index (χ0) is 11.7. The van der Waals surface area contributed by atoms with Gasteiger partial charge in [0.2, 0.25) is 0 Å². The molecular formula is C13H13NOS. The largest absolute Gasteiger partial charge is 0.398 e. The second kappa shape index (κ2) is 4.10. The van der Waals surface area contributed by atoms with Gasteiger partial charge in [0.25, 0.3) is 0 Å². The predicted octanol–water partition coefficient (Wildman–Crippen LogP) is 3.43. The van der Waals surface area contributed by atoms with E-state index in [1.807, 2.05) is 31.4 Å². The Morgan fingerprint density at radius 2 is 1.94 bits per heavy atom. The second-order valence-electron chi connectivity index (χ2n) is 3.86. The van der Waals surface area contributed by atoms with Gasteiger partial charge in [0.15, 0.2) is 6.29 Å². The third-order valence-corrected chi connectivity index (χ3v) is 3.63. The van der Waals surface area contributed by atoms with Gasteiger partial charge in [-0.1, -0.05) is 6.07 Å². The first kappa shape index (κ1) is 10.9. The Bertz CT molecular complexity index is 520. The number of hydrogen-bond donors (Lipinski definition) is 1. The highest BCUT2D eigenvalue weighted by molar-refractivity contribution is 7.12. The number of aryl methyl sites for hydroxylation is 1. The number of benzene rings is 1. The van der Waals surface area contributed by atoms with Crippen LogP contribution < -0.4 is 5.73 Å². The van der Waals surface area contributed by atoms with E-state index >= 15 is 0 Å². The summed E-state index contributed by atoms with van der Waals surface area (Å²) in [6.07, 6.45) is 0.874. The van der Waals surface area contributed by atoms with Crippen molar-refractivity contribution in [1.82, 2.24) is 0 Å². The summed E-state index contributed by atoms with van der Waals surface area (Å²) >= 11 is 1.45. The summed E-state index contributed by atoms with van der Waals surface area (Å²) in [5, 5.41) is 1.98. The van der Waals surface area contributed by atoms with E-state index in [-0.39, 0.29) is 0 Å². The summed E-state index contributed by atoms with van der Waals surface area (Å²) < 4.78 is 0. The minimum atomic E-state index is 0.742. The maximum absolute atomic E-state index is 10.6. The Balaban J connectivity index is 2.52. The van der Waals surface area contributed by atoms with Crippen LogP contribution in [-0.4, -0.2) is 6.29 Å². The van der Waals surface area contributed by atoms with Gasteiger partial charge < -0.3 is 5.73 Å². The second-order valence-corrected chi connectivity index (χ2v) is 4.81. The maximum atomic E-state index is 10.6. The fourth-order valence-electron chi connectivity index (χ4n) is 1.62. The molecule has 0 aliphatic rings. The van der Waals surface area contributed by atoms with E-state index in [0.717, 1.165) is 33.5 Å². The Morgan fingerprint density at radius 3 is 2.50 bits per heavy atom. The van der Waals surface area contributed by atoms with Crippen molar-refractivity contribution in [2.24, 2.45) is 0 Å². The average molecular weight is 231 g/mol. The molecule has 0 aliphatic heterocycles. The fraction of sp³-hybridized carbons (Fsp3) is 0.154. The molecule has 0 saturated heterocycles. The van der Waals surface area contributed by atoms with Crippen molar-refractivity contribution >= 4 is 23.3 Å². The standard InChI is InChI=1S/C13H13NOS/c1-8-3-10(5-13(14)9(8)2)11-4-12(6-15)16-7-11/h3-7H,14H2,1-2H3. The molecule has 0 radical (unpaired) electrons. The number of anilines is 1. The van der Waals surface area contributed by atoms with E-state index in [0.29, 0.717) is 0 Å². The van der Waals surface area contributed by atoms with Gasteiger partial charge in [-0.2, -0.15) is 0 Å². The van der Waals surface area contributed by atoms with Crippen molar-refractivity contribution in [2.45, 2.75) is 13.8 Å². The molecule has 1 aromatic carbocycles. The number of carbonyl (C=O) groups is 1. The SMILES string of the molecule is Cc1cc(-c2csc(C=O)c2)cc(N)c1C. The average Bonchev–Trinajstić information content (AvgIpc) is 2.73. The van der Waals surface area contributed by atoms with Crippen LogP contribution in [0.2, 0.25) is 0 Å². The molecule has 0 unspecified atom stereocenters. The molecule has 0 spiro atoms. The lowest BCUT2D eigenvalue weighted by molar-refractivity contribution is 0.112. The van der Waals surface area contributed by atoms with E-state index in [2.05, 4.69) is 6.07 Å². The molecule has 2 N–H and O–H groups in total. The van der Waals surface area contributed by atoms with E-state index in [9.17, 15) is 4.79 Å². The molecule has 16 heavy (non-hydrogen) atoms. The smallest absolute Gasteiger partial charge is 0.160 e. The van der Waals surface area contributed by atoms with Crippen molar-refractivity contribution in [3.05, 3.63) is 39.6 Å². The lowest BCUT2D eigenvalue weighted by Crippen LogP contribution is -1.93. The van der Waals surface area contributed by atoms with Crippen LogP contribution in [0.3, 0.4) is 0 Å². The van der Waals surface area contributed by atoms with Crippen LogP contribution in [0, 0.1) is 13.8 Å². The summed E-state index contributed by atoms with van der Waals surface area (Å²) in [5.74, 6) is 0. The molecule has 0 amide bonds. The van der Waals surface area contributed by atoms with Crippen LogP contribution in [0.15, 0.2) is 23.6 Å². The van der Waals surface area contributed by atoms with Crippen molar-refractivity contribution in [3.63, 3.8) is 0 Å². The fourth-order valence-corrected chi connectivity index (χ4v) is 2.34. The first-order valence-corrected chi connectivity index (χ1v) is 5.90. The van der Waals surface area contributed by atoms with Crippen LogP contribution in [0.5, 0.6) is 0 Å². The molecule has 2 aromatic rings. The molecule has 0 fully saturated rings. The molecule has 2 rings (SSSR count). The lowest BCUT2D eigenvalue weighted by atomic mass is 10.0. The number of rotatable bonds is 2. The van der Waals surface area contributed by atoms with E-state index in [4.69, 9.17) is 5.73 Å². The molecule has 1 aromatic heterocycles. The highest BCUT2D eigenvalue weighted by Gasteiger charge is 2.05. The zero-order valence-corrected chi connectivity index (χ0v) is 10.1. The zero-order valence-electron chi connectivity index (χ0n) is 9.28. The Kier molecular flexibility index (Phi) is 2.79. The van der Waals surface area contributed by atoms with Gasteiger partial charge in [-0.05, 0) is 53.6 Å². The van der Waals surface area contributed by atoms with Gasteiger partial charge in [-0.3, -0.25) is 4.79 Å². The highest BCUT2D eigenvalue weighted by atomic mass is 32.1. The topological polar surface area (TPSA) is 43.1 Å². The molecular weight excluding hydrogens is 218 g/mol. The number of hydrogen-bond acceptors (Lipinski definition) is 3. The number of aldehydes is 1. The minimum Gasteiger partial charge on any atom is -0.398 e. The van der Waals surface area contributed by atoms with Crippen molar-refractivity contribution in [3.8, 4) is 11.1 Å². The number of nitrogens with two attached hydrogens (primary N) is 1. The lowest BCUT2D eigenvalue weighted by Gasteiger charge is -2.07. The summed E-state index contributed by atoms with van der Waals surface area (Å²) in [4.78, 5) is 11.4. The number of thiophene rings is 1. The number of carbonyl (C=O) groups excluding carboxylic acids is 1. The van der Waals surface area contributed by atoms with Crippen LogP contribution in [0.1, 0.15) is 20.8 Å². The summed E-state index contributed by atoms with van der Waals surface area (Å²) in [6.45, 7) is 4.06. The van der Waals surface area contributed by atoms with Gasteiger partial charge in [0.1, 0.15) is 0 Å². The molecule has 0 bridgehead atoms. The Morgan fingerprint density at radius 1 is 1.19 bits per heavy atom. The normalized spacial score (nSPS) is 10.4. The van der Waals surface area contributed by atoms with Crippen molar-refractivity contribution in [2.75, 3.05) is 5.73 Å². The molecule has 2 nitrogen and oxygen atoms in total. The highest BCUT2D eigenvalue weighted by Crippen LogP contribution is 2.29. The third kappa shape index (κ3) is 1.86. The van der Waals surface area contributed by atoms with E-state index in [1.54, 1.807) is 0 Å². The van der Waals surface area contributed by atoms with Crippen molar-refractivity contribution < 1.29 is 4.79 Å². The molecule has 3 heteroatoms. The van der Waals surface area contributed by atoms with Gasteiger partial charge in [-0.15, -0.1) is 11.3 Å². The molecule has 1 heterocycles. The number of nitrogen functional groups attached to an aromatic ring is 1. The monoisotopic (exact) mass is 231 g/mol. The third-order valence-electron chi connectivity index (χ3n) is 2.78.